The quantitative estimate of drug-likeness (QED) is 0.165. The molecule has 0 radical (unpaired) electrons. The SMILES string of the molecule is c1ccc(-n2c3ccccc3c3cc(-c4ccc5c(c4)c4ccccc4n5-c4ccc(-c5ccc(-n6c7ccccc7c7c8ccccc8ccc76)cc5)cc4)ccc32)cc1. The van der Waals surface area contributed by atoms with E-state index in [0.717, 1.165) is 11.4 Å². The fourth-order valence-electron chi connectivity index (χ4n) is 10.1. The molecular weight excluding hydrogens is 739 g/mol. The zero-order valence-corrected chi connectivity index (χ0v) is 33.2. The van der Waals surface area contributed by atoms with Crippen LogP contribution < -0.4 is 0 Å². The van der Waals surface area contributed by atoms with Crippen molar-refractivity contribution in [1.29, 1.82) is 0 Å². The van der Waals surface area contributed by atoms with Crippen LogP contribution in [0.25, 0.3) is 116 Å². The van der Waals surface area contributed by atoms with Crippen molar-refractivity contribution < 1.29 is 0 Å². The van der Waals surface area contributed by atoms with Gasteiger partial charge in [0.2, 0.25) is 0 Å². The summed E-state index contributed by atoms with van der Waals surface area (Å²) in [6.45, 7) is 0. The number of nitrogens with zero attached hydrogens (tertiary/aromatic N) is 3. The normalized spacial score (nSPS) is 11.9. The molecule has 0 fully saturated rings. The van der Waals surface area contributed by atoms with Gasteiger partial charge in [0.25, 0.3) is 0 Å². The Morgan fingerprint density at radius 2 is 0.590 bits per heavy atom. The molecule has 0 aliphatic heterocycles. The Morgan fingerprint density at radius 1 is 0.213 bits per heavy atom. The van der Waals surface area contributed by atoms with Gasteiger partial charge in [-0.15, -0.1) is 0 Å². The van der Waals surface area contributed by atoms with E-state index in [4.69, 9.17) is 0 Å². The number of fused-ring (bicyclic) bond motifs is 11. The van der Waals surface area contributed by atoms with Crippen molar-refractivity contribution in [1.82, 2.24) is 13.7 Å². The van der Waals surface area contributed by atoms with Gasteiger partial charge in [0, 0.05) is 49.4 Å². The molecule has 13 aromatic rings. The minimum Gasteiger partial charge on any atom is -0.309 e. The Balaban J connectivity index is 0.867. The van der Waals surface area contributed by atoms with Crippen molar-refractivity contribution in [3.63, 3.8) is 0 Å². The van der Waals surface area contributed by atoms with Crippen LogP contribution in [0.1, 0.15) is 0 Å². The number of aromatic nitrogens is 3. The van der Waals surface area contributed by atoms with Crippen molar-refractivity contribution >= 4 is 76.2 Å². The molecule has 0 saturated heterocycles. The van der Waals surface area contributed by atoms with E-state index in [-0.39, 0.29) is 0 Å². The Hall–Kier alpha value is -8.14. The molecular formula is C58H37N3. The first-order chi connectivity index (χ1) is 30.3. The average molecular weight is 776 g/mol. The first-order valence-corrected chi connectivity index (χ1v) is 21.0. The van der Waals surface area contributed by atoms with Crippen molar-refractivity contribution in [3.05, 3.63) is 224 Å². The van der Waals surface area contributed by atoms with E-state index in [1.165, 1.54) is 104 Å². The second-order valence-corrected chi connectivity index (χ2v) is 16.1. The number of benzene rings is 10. The molecule has 61 heavy (non-hydrogen) atoms. The van der Waals surface area contributed by atoms with Crippen LogP contribution in [0.4, 0.5) is 0 Å². The number of para-hydroxylation sites is 4. The molecule has 3 heterocycles. The van der Waals surface area contributed by atoms with Gasteiger partial charge < -0.3 is 13.7 Å². The first kappa shape index (κ1) is 33.8. The van der Waals surface area contributed by atoms with Crippen LogP contribution in [-0.2, 0) is 0 Å². The third-order valence-corrected chi connectivity index (χ3v) is 12.8. The second-order valence-electron chi connectivity index (χ2n) is 16.1. The largest absolute Gasteiger partial charge is 0.309 e. The molecule has 0 aliphatic carbocycles. The summed E-state index contributed by atoms with van der Waals surface area (Å²) in [6.07, 6.45) is 0. The molecule has 0 saturated carbocycles. The molecule has 0 bridgehead atoms. The minimum atomic E-state index is 1.15. The minimum absolute atomic E-state index is 1.15. The third kappa shape index (κ3) is 5.11. The highest BCUT2D eigenvalue weighted by atomic mass is 15.0. The summed E-state index contributed by atoms with van der Waals surface area (Å²) >= 11 is 0. The molecule has 10 aromatic carbocycles. The van der Waals surface area contributed by atoms with Crippen LogP contribution >= 0.6 is 0 Å². The van der Waals surface area contributed by atoms with Crippen LogP contribution in [0.2, 0.25) is 0 Å². The van der Waals surface area contributed by atoms with E-state index in [1.54, 1.807) is 0 Å². The molecule has 0 unspecified atom stereocenters. The standard InChI is InChI=1S/C58H37N3/c1-2-13-43(14-3-1)59-52-19-9-6-16-47(52)50-36-41(27-33-55(50)59)42-28-34-56-51(37-42)48-17-7-10-20-53(48)60(56)44-29-22-38(23-30-44)39-24-31-45(32-25-39)61-54-21-11-8-18-49(54)58-46-15-5-4-12-40(46)26-35-57(58)61/h1-37H. The van der Waals surface area contributed by atoms with Crippen molar-refractivity contribution in [2.24, 2.45) is 0 Å². The summed E-state index contributed by atoms with van der Waals surface area (Å²) in [6, 6.07) is 82.1. The van der Waals surface area contributed by atoms with Gasteiger partial charge >= 0.3 is 0 Å². The third-order valence-electron chi connectivity index (χ3n) is 12.8. The second kappa shape index (κ2) is 13.2. The van der Waals surface area contributed by atoms with Gasteiger partial charge in [0.15, 0.2) is 0 Å². The predicted molar refractivity (Wildman–Crippen MR) is 258 cm³/mol. The molecule has 0 N–H and O–H groups in total. The highest BCUT2D eigenvalue weighted by Gasteiger charge is 2.18. The lowest BCUT2D eigenvalue weighted by Gasteiger charge is -2.11. The maximum atomic E-state index is 2.41. The molecule has 3 nitrogen and oxygen atoms in total. The average Bonchev–Trinajstić information content (AvgIpc) is 3.97. The van der Waals surface area contributed by atoms with Crippen molar-refractivity contribution in [3.8, 4) is 39.3 Å². The van der Waals surface area contributed by atoms with Crippen LogP contribution in [0.5, 0.6) is 0 Å². The van der Waals surface area contributed by atoms with E-state index >= 15 is 0 Å². The van der Waals surface area contributed by atoms with Crippen LogP contribution in [0.15, 0.2) is 224 Å². The van der Waals surface area contributed by atoms with Crippen LogP contribution in [-0.4, -0.2) is 13.7 Å². The van der Waals surface area contributed by atoms with Gasteiger partial charge in [-0.2, -0.15) is 0 Å². The molecule has 13 rings (SSSR count). The van der Waals surface area contributed by atoms with Gasteiger partial charge in [0.05, 0.1) is 33.1 Å². The van der Waals surface area contributed by atoms with Gasteiger partial charge in [-0.3, -0.25) is 0 Å². The topological polar surface area (TPSA) is 14.8 Å². The van der Waals surface area contributed by atoms with Crippen LogP contribution in [0, 0.1) is 0 Å². The summed E-state index contributed by atoms with van der Waals surface area (Å²) in [5, 5.41) is 10.2. The Kier molecular flexibility index (Phi) is 7.31. The zero-order valence-electron chi connectivity index (χ0n) is 33.2. The lowest BCUT2D eigenvalue weighted by atomic mass is 10.0. The first-order valence-electron chi connectivity index (χ1n) is 21.0. The van der Waals surface area contributed by atoms with Gasteiger partial charge in [0.1, 0.15) is 0 Å². The number of hydrogen-bond acceptors (Lipinski definition) is 0. The molecule has 0 aliphatic rings. The monoisotopic (exact) mass is 775 g/mol. The Labute approximate surface area is 352 Å². The van der Waals surface area contributed by atoms with Crippen molar-refractivity contribution in [2.45, 2.75) is 0 Å². The van der Waals surface area contributed by atoms with Crippen LogP contribution in [0.3, 0.4) is 0 Å². The lowest BCUT2D eigenvalue weighted by Crippen LogP contribution is -1.95. The fraction of sp³-hybridized carbons (Fsp3) is 0. The van der Waals surface area contributed by atoms with Gasteiger partial charge in [-0.25, -0.2) is 0 Å². The molecule has 284 valence electrons. The fourth-order valence-corrected chi connectivity index (χ4v) is 10.1. The smallest absolute Gasteiger partial charge is 0.0547 e. The molecule has 0 spiro atoms. The summed E-state index contributed by atoms with van der Waals surface area (Å²) < 4.78 is 7.18. The zero-order chi connectivity index (χ0) is 40.0. The lowest BCUT2D eigenvalue weighted by molar-refractivity contribution is 1.18. The maximum absolute atomic E-state index is 2.41. The summed E-state index contributed by atoms with van der Waals surface area (Å²) in [4.78, 5) is 0. The highest BCUT2D eigenvalue weighted by molar-refractivity contribution is 6.21. The number of hydrogen-bond donors (Lipinski definition) is 0. The molecule has 0 atom stereocenters. The summed E-state index contributed by atoms with van der Waals surface area (Å²) in [5.41, 5.74) is 15.6. The van der Waals surface area contributed by atoms with E-state index < -0.39 is 0 Å². The van der Waals surface area contributed by atoms with Crippen molar-refractivity contribution in [2.75, 3.05) is 0 Å². The van der Waals surface area contributed by atoms with Gasteiger partial charge in [-0.1, -0.05) is 140 Å². The van der Waals surface area contributed by atoms with Gasteiger partial charge in [-0.05, 0) is 118 Å². The van der Waals surface area contributed by atoms with E-state index in [0.29, 0.717) is 0 Å². The molecule has 3 aromatic heterocycles. The van der Waals surface area contributed by atoms with E-state index in [1.807, 2.05) is 0 Å². The maximum Gasteiger partial charge on any atom is 0.0547 e. The Bertz CT molecular complexity index is 3840. The van der Waals surface area contributed by atoms with E-state index in [2.05, 4.69) is 238 Å². The predicted octanol–water partition coefficient (Wildman–Crippen LogP) is 15.5. The Morgan fingerprint density at radius 3 is 1.15 bits per heavy atom. The van der Waals surface area contributed by atoms with E-state index in [9.17, 15) is 0 Å². The number of rotatable bonds is 5. The molecule has 3 heteroatoms. The summed E-state index contributed by atoms with van der Waals surface area (Å²) in [5.74, 6) is 0. The molecule has 0 amide bonds. The summed E-state index contributed by atoms with van der Waals surface area (Å²) in [7, 11) is 0. The highest BCUT2D eigenvalue weighted by Crippen LogP contribution is 2.40.